The van der Waals surface area contributed by atoms with Crippen LogP contribution in [0.15, 0.2) is 18.2 Å². The van der Waals surface area contributed by atoms with E-state index in [4.69, 9.17) is 11.6 Å². The van der Waals surface area contributed by atoms with E-state index in [-0.39, 0.29) is 17.8 Å². The van der Waals surface area contributed by atoms with E-state index in [1.807, 2.05) is 0 Å². The second kappa shape index (κ2) is 6.06. The molecule has 1 aromatic carbocycles. The van der Waals surface area contributed by atoms with E-state index < -0.39 is 0 Å². The lowest BCUT2D eigenvalue weighted by Crippen LogP contribution is -2.27. The number of hydrogen-bond donors (Lipinski definition) is 1. The molecule has 2 nitrogen and oxygen atoms in total. The molecule has 0 heterocycles. The average molecular weight is 267 g/mol. The standard InChI is InChI=1S/C14H16ClFN2/c15-12-8-11(16)6-7-14(12)18-13-5-3-1-2-4-10(13)9-17/h6-8,10,13,18H,1-5H2. The van der Waals surface area contributed by atoms with Gasteiger partial charge >= 0.3 is 0 Å². The molecule has 1 N–H and O–H groups in total. The van der Waals surface area contributed by atoms with Gasteiger partial charge in [-0.1, -0.05) is 30.9 Å². The van der Waals surface area contributed by atoms with E-state index in [0.717, 1.165) is 25.7 Å². The first kappa shape index (κ1) is 13.2. The SMILES string of the molecule is N#CC1CCCCCC1Nc1ccc(F)cc1Cl. The van der Waals surface area contributed by atoms with E-state index in [9.17, 15) is 9.65 Å². The van der Waals surface area contributed by atoms with Crippen LogP contribution in [0, 0.1) is 23.1 Å². The van der Waals surface area contributed by atoms with Crippen molar-refractivity contribution in [3.8, 4) is 6.07 Å². The summed E-state index contributed by atoms with van der Waals surface area (Å²) in [5, 5.41) is 12.9. The molecule has 2 atom stereocenters. The van der Waals surface area contributed by atoms with E-state index in [1.54, 1.807) is 6.07 Å². The molecule has 0 spiro atoms. The van der Waals surface area contributed by atoms with Crippen LogP contribution in [0.5, 0.6) is 0 Å². The number of halogens is 2. The van der Waals surface area contributed by atoms with Crippen LogP contribution in [0.25, 0.3) is 0 Å². The summed E-state index contributed by atoms with van der Waals surface area (Å²) in [5.41, 5.74) is 0.713. The second-order valence-corrected chi connectivity index (χ2v) is 5.16. The molecule has 2 rings (SSSR count). The van der Waals surface area contributed by atoms with E-state index in [2.05, 4.69) is 11.4 Å². The Morgan fingerprint density at radius 3 is 2.78 bits per heavy atom. The second-order valence-electron chi connectivity index (χ2n) is 4.75. The molecule has 2 unspecified atom stereocenters. The van der Waals surface area contributed by atoms with Gasteiger partial charge in [-0.15, -0.1) is 0 Å². The van der Waals surface area contributed by atoms with Crippen LogP contribution in [-0.4, -0.2) is 6.04 Å². The molecule has 0 radical (unpaired) electrons. The molecular weight excluding hydrogens is 251 g/mol. The molecular formula is C14H16ClFN2. The average Bonchev–Trinajstić information content (AvgIpc) is 2.57. The van der Waals surface area contributed by atoms with Crippen LogP contribution >= 0.6 is 11.6 Å². The highest BCUT2D eigenvalue weighted by Gasteiger charge is 2.23. The van der Waals surface area contributed by atoms with Crippen molar-refractivity contribution in [2.75, 3.05) is 5.32 Å². The highest BCUT2D eigenvalue weighted by molar-refractivity contribution is 6.33. The lowest BCUT2D eigenvalue weighted by Gasteiger charge is -2.22. The van der Waals surface area contributed by atoms with Crippen molar-refractivity contribution in [2.45, 2.75) is 38.1 Å². The van der Waals surface area contributed by atoms with Crippen LogP contribution in [0.3, 0.4) is 0 Å². The van der Waals surface area contributed by atoms with Gasteiger partial charge in [0.2, 0.25) is 0 Å². The highest BCUT2D eigenvalue weighted by atomic mass is 35.5. The Bertz CT molecular complexity index is 456. The quantitative estimate of drug-likeness (QED) is 0.807. The maximum atomic E-state index is 13.0. The third kappa shape index (κ3) is 3.14. The normalized spacial score (nSPS) is 24.1. The summed E-state index contributed by atoms with van der Waals surface area (Å²) in [7, 11) is 0. The number of benzene rings is 1. The molecule has 0 amide bonds. The fraction of sp³-hybridized carbons (Fsp3) is 0.500. The summed E-state index contributed by atoms with van der Waals surface area (Å²) < 4.78 is 13.0. The van der Waals surface area contributed by atoms with Gasteiger partial charge in [-0.3, -0.25) is 0 Å². The topological polar surface area (TPSA) is 35.8 Å². The number of rotatable bonds is 2. The van der Waals surface area contributed by atoms with Crippen molar-refractivity contribution in [2.24, 2.45) is 5.92 Å². The molecule has 1 aliphatic rings. The Labute approximate surface area is 112 Å². The van der Waals surface area contributed by atoms with Crippen molar-refractivity contribution >= 4 is 17.3 Å². The van der Waals surface area contributed by atoms with Gasteiger partial charge in [0.05, 0.1) is 22.7 Å². The third-order valence-corrected chi connectivity index (χ3v) is 3.77. The van der Waals surface area contributed by atoms with Gasteiger partial charge in [0.15, 0.2) is 0 Å². The van der Waals surface area contributed by atoms with Crippen molar-refractivity contribution in [3.63, 3.8) is 0 Å². The smallest absolute Gasteiger partial charge is 0.124 e. The third-order valence-electron chi connectivity index (χ3n) is 3.45. The minimum absolute atomic E-state index is 0.00798. The fourth-order valence-corrected chi connectivity index (χ4v) is 2.66. The number of anilines is 1. The van der Waals surface area contributed by atoms with Gasteiger partial charge in [-0.25, -0.2) is 4.39 Å². The zero-order chi connectivity index (χ0) is 13.0. The van der Waals surface area contributed by atoms with Crippen molar-refractivity contribution < 1.29 is 4.39 Å². The Balaban J connectivity index is 2.13. The van der Waals surface area contributed by atoms with Gasteiger partial charge in [0, 0.05) is 6.04 Å². The number of hydrogen-bond acceptors (Lipinski definition) is 2. The Hall–Kier alpha value is -1.27. The van der Waals surface area contributed by atoms with Gasteiger partial charge in [-0.2, -0.15) is 5.26 Å². The summed E-state index contributed by atoms with van der Waals surface area (Å²) >= 11 is 6.00. The molecule has 1 fully saturated rings. The van der Waals surface area contributed by atoms with Crippen molar-refractivity contribution in [1.29, 1.82) is 5.26 Å². The van der Waals surface area contributed by atoms with Crippen molar-refractivity contribution in [3.05, 3.63) is 29.0 Å². The molecule has 4 heteroatoms. The van der Waals surface area contributed by atoms with Crippen LogP contribution in [0.4, 0.5) is 10.1 Å². The molecule has 18 heavy (non-hydrogen) atoms. The predicted molar refractivity (Wildman–Crippen MR) is 71.0 cm³/mol. The minimum atomic E-state index is -0.344. The molecule has 0 saturated heterocycles. The van der Waals surface area contributed by atoms with Gasteiger partial charge < -0.3 is 5.32 Å². The number of nitrogens with one attached hydrogen (secondary N) is 1. The van der Waals surface area contributed by atoms with E-state index in [0.29, 0.717) is 10.7 Å². The Morgan fingerprint density at radius 1 is 1.28 bits per heavy atom. The molecule has 1 aliphatic carbocycles. The van der Waals surface area contributed by atoms with E-state index >= 15 is 0 Å². The van der Waals surface area contributed by atoms with Crippen LogP contribution < -0.4 is 5.32 Å². The number of nitrogens with zero attached hydrogens (tertiary/aromatic N) is 1. The number of nitriles is 1. The molecule has 1 saturated carbocycles. The summed E-state index contributed by atoms with van der Waals surface area (Å²) in [6, 6.07) is 6.79. The minimum Gasteiger partial charge on any atom is -0.380 e. The van der Waals surface area contributed by atoms with E-state index in [1.165, 1.54) is 18.6 Å². The van der Waals surface area contributed by atoms with Gasteiger partial charge in [0.1, 0.15) is 5.82 Å². The maximum Gasteiger partial charge on any atom is 0.124 e. The van der Waals surface area contributed by atoms with Crippen LogP contribution in [0.2, 0.25) is 5.02 Å². The molecule has 0 aliphatic heterocycles. The zero-order valence-corrected chi connectivity index (χ0v) is 10.9. The lowest BCUT2D eigenvalue weighted by molar-refractivity contribution is 0.514. The van der Waals surface area contributed by atoms with Crippen LogP contribution in [-0.2, 0) is 0 Å². The Morgan fingerprint density at radius 2 is 2.06 bits per heavy atom. The van der Waals surface area contributed by atoms with Crippen LogP contribution in [0.1, 0.15) is 32.1 Å². The first-order chi connectivity index (χ1) is 8.70. The van der Waals surface area contributed by atoms with Crippen molar-refractivity contribution in [1.82, 2.24) is 0 Å². The molecule has 1 aromatic rings. The first-order valence-electron chi connectivity index (χ1n) is 6.32. The monoisotopic (exact) mass is 266 g/mol. The summed E-state index contributed by atoms with van der Waals surface area (Å²) in [6.45, 7) is 0. The molecule has 0 bridgehead atoms. The fourth-order valence-electron chi connectivity index (χ4n) is 2.44. The highest BCUT2D eigenvalue weighted by Crippen LogP contribution is 2.29. The first-order valence-corrected chi connectivity index (χ1v) is 6.69. The summed E-state index contributed by atoms with van der Waals surface area (Å²) in [5.74, 6) is -0.336. The summed E-state index contributed by atoms with van der Waals surface area (Å²) in [4.78, 5) is 0. The zero-order valence-electron chi connectivity index (χ0n) is 10.1. The predicted octanol–water partition coefficient (Wildman–Crippen LogP) is 4.36. The lowest BCUT2D eigenvalue weighted by atomic mass is 9.96. The van der Waals surface area contributed by atoms with Gasteiger partial charge in [0.25, 0.3) is 0 Å². The largest absolute Gasteiger partial charge is 0.380 e. The molecule has 96 valence electrons. The summed E-state index contributed by atoms with van der Waals surface area (Å²) in [6.07, 6.45) is 5.29. The maximum absolute atomic E-state index is 13.0. The van der Waals surface area contributed by atoms with Gasteiger partial charge in [-0.05, 0) is 31.0 Å². The molecule has 0 aromatic heterocycles. The Kier molecular flexibility index (Phi) is 4.43.